The molecule has 110 valence electrons. The van der Waals surface area contributed by atoms with Crippen molar-refractivity contribution >= 4 is 16.3 Å². The highest BCUT2D eigenvalue weighted by Gasteiger charge is 2.21. The molecule has 0 aliphatic rings. The van der Waals surface area contributed by atoms with Gasteiger partial charge < -0.3 is 0 Å². The highest BCUT2D eigenvalue weighted by Crippen LogP contribution is 2.26. The third kappa shape index (κ3) is 2.46. The van der Waals surface area contributed by atoms with Crippen molar-refractivity contribution in [3.8, 4) is 11.3 Å². The molecule has 0 N–H and O–H groups in total. The normalized spacial score (nSPS) is 11.3. The van der Waals surface area contributed by atoms with Crippen LogP contribution in [0.2, 0.25) is 0 Å². The number of benzene rings is 2. The van der Waals surface area contributed by atoms with E-state index in [2.05, 4.69) is 0 Å². The molecule has 5 heteroatoms. The van der Waals surface area contributed by atoms with Crippen molar-refractivity contribution in [2.75, 3.05) is 0 Å². The molecule has 0 saturated heterocycles. The van der Waals surface area contributed by atoms with Crippen LogP contribution in [0.1, 0.15) is 10.4 Å². The molecular weight excluding hydrogens is 298 g/mol. The van der Waals surface area contributed by atoms with Crippen molar-refractivity contribution < 1.29 is 13.2 Å². The third-order valence-corrected chi connectivity index (χ3v) is 5.00. The summed E-state index contributed by atoms with van der Waals surface area (Å²) in [6, 6.07) is 18.8. The summed E-state index contributed by atoms with van der Waals surface area (Å²) >= 11 is 0. The quantitative estimate of drug-likeness (QED) is 0.695. The van der Waals surface area contributed by atoms with Gasteiger partial charge in [-0.15, -0.1) is 0 Å². The molecule has 3 rings (SSSR count). The number of carbonyl (C=O) groups is 1. The fourth-order valence-electron chi connectivity index (χ4n) is 2.25. The van der Waals surface area contributed by atoms with Gasteiger partial charge in [0.1, 0.15) is 0 Å². The van der Waals surface area contributed by atoms with E-state index in [4.69, 9.17) is 0 Å². The average Bonchev–Trinajstić information content (AvgIpc) is 3.02. The van der Waals surface area contributed by atoms with Crippen molar-refractivity contribution in [2.24, 2.45) is 0 Å². The van der Waals surface area contributed by atoms with E-state index in [1.165, 1.54) is 18.3 Å². The third-order valence-electron chi connectivity index (χ3n) is 3.31. The molecule has 0 saturated carbocycles. The molecule has 4 nitrogen and oxygen atoms in total. The largest absolute Gasteiger partial charge is 0.298 e. The van der Waals surface area contributed by atoms with Gasteiger partial charge in [-0.2, -0.15) is 0 Å². The van der Waals surface area contributed by atoms with Crippen molar-refractivity contribution in [2.45, 2.75) is 4.90 Å². The summed E-state index contributed by atoms with van der Waals surface area (Å²) in [5.41, 5.74) is 1.51. The molecule has 1 heterocycles. The van der Waals surface area contributed by atoms with Crippen LogP contribution >= 0.6 is 0 Å². The van der Waals surface area contributed by atoms with E-state index in [1.54, 1.807) is 36.4 Å². The maximum atomic E-state index is 12.8. The first-order chi connectivity index (χ1) is 10.6. The van der Waals surface area contributed by atoms with Crippen molar-refractivity contribution in [3.63, 3.8) is 0 Å². The Labute approximate surface area is 128 Å². The topological polar surface area (TPSA) is 56.1 Å². The Morgan fingerprint density at radius 2 is 1.45 bits per heavy atom. The summed E-state index contributed by atoms with van der Waals surface area (Å²) in [7, 11) is -3.75. The highest BCUT2D eigenvalue weighted by molar-refractivity contribution is 7.90. The van der Waals surface area contributed by atoms with E-state index in [1.807, 2.05) is 18.2 Å². The zero-order valence-corrected chi connectivity index (χ0v) is 12.4. The minimum atomic E-state index is -3.75. The molecule has 0 aliphatic carbocycles. The first kappa shape index (κ1) is 14.3. The van der Waals surface area contributed by atoms with E-state index < -0.39 is 10.0 Å². The van der Waals surface area contributed by atoms with Crippen LogP contribution in [0.15, 0.2) is 77.8 Å². The van der Waals surface area contributed by atoms with E-state index in [9.17, 15) is 13.2 Å². The molecule has 3 aromatic rings. The van der Waals surface area contributed by atoms with Crippen LogP contribution in [0.3, 0.4) is 0 Å². The number of rotatable bonds is 4. The molecule has 0 fully saturated rings. The van der Waals surface area contributed by atoms with Gasteiger partial charge in [0.25, 0.3) is 10.0 Å². The maximum Gasteiger partial charge on any atom is 0.268 e. The standard InChI is InChI=1S/C17H13NO3S/c19-13-14-11-17(15-7-3-1-4-8-15)18(12-14)22(20,21)16-9-5-2-6-10-16/h1-13H. The second-order valence-corrected chi connectivity index (χ2v) is 6.57. The number of hydrogen-bond acceptors (Lipinski definition) is 3. The molecule has 0 amide bonds. The lowest BCUT2D eigenvalue weighted by molar-refractivity contribution is 0.112. The Morgan fingerprint density at radius 3 is 2.05 bits per heavy atom. The number of hydrogen-bond donors (Lipinski definition) is 0. The minimum absolute atomic E-state index is 0.181. The maximum absolute atomic E-state index is 12.8. The van der Waals surface area contributed by atoms with E-state index in [0.717, 1.165) is 9.54 Å². The molecular formula is C17H13NO3S. The van der Waals surface area contributed by atoms with E-state index in [-0.39, 0.29) is 4.90 Å². The Bertz CT molecular complexity index is 898. The van der Waals surface area contributed by atoms with Crippen LogP contribution in [0.4, 0.5) is 0 Å². The predicted octanol–water partition coefficient (Wildman–Crippen LogP) is 3.20. The Hall–Kier alpha value is -2.66. The molecule has 22 heavy (non-hydrogen) atoms. The van der Waals surface area contributed by atoms with Gasteiger partial charge in [0.2, 0.25) is 0 Å². The van der Waals surface area contributed by atoms with Gasteiger partial charge in [0.05, 0.1) is 10.6 Å². The summed E-state index contributed by atoms with van der Waals surface area (Å²) in [4.78, 5) is 11.2. The summed E-state index contributed by atoms with van der Waals surface area (Å²) in [5.74, 6) is 0. The minimum Gasteiger partial charge on any atom is -0.298 e. The van der Waals surface area contributed by atoms with Crippen LogP contribution in [0.5, 0.6) is 0 Å². The Kier molecular flexibility index (Phi) is 3.65. The summed E-state index contributed by atoms with van der Waals surface area (Å²) in [6.45, 7) is 0. The summed E-state index contributed by atoms with van der Waals surface area (Å²) < 4.78 is 26.8. The summed E-state index contributed by atoms with van der Waals surface area (Å²) in [5, 5.41) is 0. The zero-order chi connectivity index (χ0) is 15.6. The molecule has 0 bridgehead atoms. The van der Waals surface area contributed by atoms with E-state index >= 15 is 0 Å². The molecule has 0 radical (unpaired) electrons. The van der Waals surface area contributed by atoms with Gasteiger partial charge in [-0.05, 0) is 23.8 Å². The molecule has 0 spiro atoms. The van der Waals surface area contributed by atoms with Gasteiger partial charge in [-0.3, -0.25) is 4.79 Å². The number of aldehydes is 1. The van der Waals surface area contributed by atoms with Crippen LogP contribution in [0, 0.1) is 0 Å². The SMILES string of the molecule is O=Cc1cc(-c2ccccc2)n(S(=O)(=O)c2ccccc2)c1. The smallest absolute Gasteiger partial charge is 0.268 e. The van der Waals surface area contributed by atoms with Crippen LogP contribution in [-0.2, 0) is 10.0 Å². The molecule has 2 aromatic carbocycles. The van der Waals surface area contributed by atoms with Crippen LogP contribution in [-0.4, -0.2) is 18.7 Å². The molecule has 0 aliphatic heterocycles. The first-order valence-corrected chi connectivity index (χ1v) is 8.10. The Balaban J connectivity index is 2.23. The van der Waals surface area contributed by atoms with Gasteiger partial charge >= 0.3 is 0 Å². The zero-order valence-electron chi connectivity index (χ0n) is 11.6. The van der Waals surface area contributed by atoms with Gasteiger partial charge in [-0.25, -0.2) is 12.4 Å². The number of nitrogens with zero attached hydrogens (tertiary/aromatic N) is 1. The van der Waals surface area contributed by atoms with Gasteiger partial charge in [0.15, 0.2) is 6.29 Å². The van der Waals surface area contributed by atoms with Gasteiger partial charge in [-0.1, -0.05) is 48.5 Å². The van der Waals surface area contributed by atoms with Crippen LogP contribution < -0.4 is 0 Å². The fraction of sp³-hybridized carbons (Fsp3) is 0. The van der Waals surface area contributed by atoms with Crippen LogP contribution in [0.25, 0.3) is 11.3 Å². The second kappa shape index (κ2) is 5.61. The van der Waals surface area contributed by atoms with Crippen molar-refractivity contribution in [3.05, 3.63) is 78.5 Å². The van der Waals surface area contributed by atoms with Gasteiger partial charge in [0, 0.05) is 11.8 Å². The Morgan fingerprint density at radius 1 is 0.864 bits per heavy atom. The lowest BCUT2D eigenvalue weighted by Gasteiger charge is -2.10. The lowest BCUT2D eigenvalue weighted by atomic mass is 10.1. The second-order valence-electron chi connectivity index (χ2n) is 4.76. The molecule has 0 unspecified atom stereocenters. The number of aromatic nitrogens is 1. The molecule has 1 aromatic heterocycles. The predicted molar refractivity (Wildman–Crippen MR) is 84.3 cm³/mol. The van der Waals surface area contributed by atoms with E-state index in [0.29, 0.717) is 17.5 Å². The first-order valence-electron chi connectivity index (χ1n) is 6.66. The molecule has 0 atom stereocenters. The summed E-state index contributed by atoms with van der Waals surface area (Å²) in [6.07, 6.45) is 1.99. The lowest BCUT2D eigenvalue weighted by Crippen LogP contribution is -2.13. The van der Waals surface area contributed by atoms with Crippen molar-refractivity contribution in [1.82, 2.24) is 3.97 Å². The van der Waals surface area contributed by atoms with Crippen molar-refractivity contribution in [1.29, 1.82) is 0 Å². The highest BCUT2D eigenvalue weighted by atomic mass is 32.2. The number of carbonyl (C=O) groups excluding carboxylic acids is 1. The average molecular weight is 311 g/mol. The monoisotopic (exact) mass is 311 g/mol. The fourth-order valence-corrected chi connectivity index (χ4v) is 3.66.